The van der Waals surface area contributed by atoms with E-state index in [2.05, 4.69) is 11.6 Å². The number of pyridine rings is 1. The molecule has 3 aromatic carbocycles. The first-order valence-electron chi connectivity index (χ1n) is 9.73. The average molecular weight is 463 g/mol. The van der Waals surface area contributed by atoms with Gasteiger partial charge in [-0.05, 0) is 53.6 Å². The smallest absolute Gasteiger partial charge is 0.217 e. The summed E-state index contributed by atoms with van der Waals surface area (Å²) < 4.78 is 42.6. The first kappa shape index (κ1) is 20.4. The van der Waals surface area contributed by atoms with Gasteiger partial charge in [0.25, 0.3) is 10.0 Å². The molecular weight excluding hydrogens is 447 g/mol. The molecule has 2 heterocycles. The lowest BCUT2D eigenvalue weighted by Gasteiger charge is -2.10. The second-order valence-electron chi connectivity index (χ2n) is 7.28. The molecule has 0 aliphatic heterocycles. The van der Waals surface area contributed by atoms with Gasteiger partial charge in [0.15, 0.2) is 5.65 Å². The average Bonchev–Trinajstić information content (AvgIpc) is 3.12. The topological polar surface area (TPSA) is 52.0 Å². The molecule has 5 rings (SSSR count). The van der Waals surface area contributed by atoms with Crippen LogP contribution in [0.15, 0.2) is 96.4 Å². The van der Waals surface area contributed by atoms with Crippen LogP contribution in [0, 0.1) is 5.82 Å². The Morgan fingerprint density at radius 3 is 2.38 bits per heavy atom. The number of hydrogen-bond acceptors (Lipinski definition) is 3. The molecule has 0 saturated carbocycles. The standard InChI is InChI=1S/C25H16ClFN2O2S/c1-16(19-9-5-6-10-22(19)27)17-11-13-23-21(15-17)20-12-14-24(26)28-25(20)29(23)32(30,31)18-7-3-2-4-8-18/h2-15H,1H2. The Hall–Kier alpha value is -3.48. The maximum atomic E-state index is 14.3. The fraction of sp³-hybridized carbons (Fsp3) is 0. The zero-order valence-electron chi connectivity index (χ0n) is 16.7. The van der Waals surface area contributed by atoms with E-state index in [9.17, 15) is 12.8 Å². The van der Waals surface area contributed by atoms with E-state index in [-0.39, 0.29) is 21.5 Å². The molecule has 0 N–H and O–H groups in total. The zero-order valence-corrected chi connectivity index (χ0v) is 18.2. The van der Waals surface area contributed by atoms with Crippen LogP contribution in [0.4, 0.5) is 4.39 Å². The molecule has 5 aromatic rings. The third-order valence-electron chi connectivity index (χ3n) is 5.37. The number of benzene rings is 3. The van der Waals surface area contributed by atoms with Crippen molar-refractivity contribution in [2.75, 3.05) is 0 Å². The highest BCUT2D eigenvalue weighted by molar-refractivity contribution is 7.90. The maximum absolute atomic E-state index is 14.3. The molecule has 7 heteroatoms. The molecule has 0 atom stereocenters. The number of rotatable bonds is 4. The molecule has 0 radical (unpaired) electrons. The minimum Gasteiger partial charge on any atom is -0.217 e. The summed E-state index contributed by atoms with van der Waals surface area (Å²) in [5.74, 6) is -0.375. The molecule has 2 aromatic heterocycles. The molecular formula is C25H16ClFN2O2S. The molecule has 0 aliphatic carbocycles. The van der Waals surface area contributed by atoms with Crippen molar-refractivity contribution < 1.29 is 12.8 Å². The highest BCUT2D eigenvalue weighted by atomic mass is 35.5. The lowest BCUT2D eigenvalue weighted by Crippen LogP contribution is -2.13. The third-order valence-corrected chi connectivity index (χ3v) is 7.30. The molecule has 0 amide bonds. The zero-order chi connectivity index (χ0) is 22.5. The molecule has 0 spiro atoms. The highest BCUT2D eigenvalue weighted by Crippen LogP contribution is 2.35. The van der Waals surface area contributed by atoms with Crippen LogP contribution in [0.5, 0.6) is 0 Å². The summed E-state index contributed by atoms with van der Waals surface area (Å²) >= 11 is 6.12. The summed E-state index contributed by atoms with van der Waals surface area (Å²) in [6.45, 7) is 4.06. The summed E-state index contributed by atoms with van der Waals surface area (Å²) in [5, 5.41) is 1.45. The molecule has 4 nitrogen and oxygen atoms in total. The van der Waals surface area contributed by atoms with Gasteiger partial charge in [0, 0.05) is 16.3 Å². The molecule has 0 fully saturated rings. The number of hydrogen-bond donors (Lipinski definition) is 0. The van der Waals surface area contributed by atoms with Gasteiger partial charge in [0.05, 0.1) is 10.4 Å². The Morgan fingerprint density at radius 1 is 0.906 bits per heavy atom. The molecule has 0 saturated heterocycles. The van der Waals surface area contributed by atoms with Gasteiger partial charge in [0.1, 0.15) is 11.0 Å². The summed E-state index contributed by atoms with van der Waals surface area (Å²) in [7, 11) is -3.94. The first-order chi connectivity index (χ1) is 15.4. The minimum atomic E-state index is -3.94. The van der Waals surface area contributed by atoms with Gasteiger partial charge in [-0.3, -0.25) is 0 Å². The number of nitrogens with zero attached hydrogens (tertiary/aromatic N) is 2. The van der Waals surface area contributed by atoms with E-state index in [4.69, 9.17) is 11.6 Å². The van der Waals surface area contributed by atoms with E-state index in [1.807, 2.05) is 0 Å². The van der Waals surface area contributed by atoms with Crippen molar-refractivity contribution in [2.45, 2.75) is 4.90 Å². The van der Waals surface area contributed by atoms with Crippen molar-refractivity contribution in [1.29, 1.82) is 0 Å². The molecule has 158 valence electrons. The predicted octanol–water partition coefficient (Wildman–Crippen LogP) is 6.28. The fourth-order valence-electron chi connectivity index (χ4n) is 3.82. The van der Waals surface area contributed by atoms with Gasteiger partial charge in [-0.1, -0.05) is 60.6 Å². The second kappa shape index (κ2) is 7.58. The normalized spacial score (nSPS) is 11.8. The van der Waals surface area contributed by atoms with Crippen LogP contribution in [0.1, 0.15) is 11.1 Å². The number of aromatic nitrogens is 2. The largest absolute Gasteiger partial charge is 0.269 e. The van der Waals surface area contributed by atoms with Gasteiger partial charge in [0.2, 0.25) is 0 Å². The lowest BCUT2D eigenvalue weighted by atomic mass is 9.97. The summed E-state index contributed by atoms with van der Waals surface area (Å²) in [6, 6.07) is 23.1. The number of halogens is 2. The van der Waals surface area contributed by atoms with Crippen LogP contribution in [0.2, 0.25) is 5.15 Å². The Morgan fingerprint density at radius 2 is 1.62 bits per heavy atom. The summed E-state index contributed by atoms with van der Waals surface area (Å²) in [4.78, 5) is 4.46. The van der Waals surface area contributed by atoms with E-state index in [0.29, 0.717) is 33.0 Å². The maximum Gasteiger partial charge on any atom is 0.269 e. The van der Waals surface area contributed by atoms with Gasteiger partial charge in [-0.15, -0.1) is 0 Å². The van der Waals surface area contributed by atoms with Crippen molar-refractivity contribution in [3.8, 4) is 0 Å². The van der Waals surface area contributed by atoms with E-state index in [1.165, 1.54) is 22.2 Å². The van der Waals surface area contributed by atoms with Gasteiger partial charge >= 0.3 is 0 Å². The summed E-state index contributed by atoms with van der Waals surface area (Å²) in [6.07, 6.45) is 0. The van der Waals surface area contributed by atoms with E-state index in [1.54, 1.807) is 66.7 Å². The van der Waals surface area contributed by atoms with Crippen LogP contribution < -0.4 is 0 Å². The van der Waals surface area contributed by atoms with Gasteiger partial charge in [-0.25, -0.2) is 21.8 Å². The Balaban J connectivity index is 1.80. The van der Waals surface area contributed by atoms with Crippen LogP contribution in [-0.4, -0.2) is 17.4 Å². The number of fused-ring (bicyclic) bond motifs is 3. The van der Waals surface area contributed by atoms with E-state index < -0.39 is 10.0 Å². The van der Waals surface area contributed by atoms with Crippen molar-refractivity contribution in [1.82, 2.24) is 8.96 Å². The Bertz CT molecular complexity index is 1630. The predicted molar refractivity (Wildman–Crippen MR) is 126 cm³/mol. The second-order valence-corrected chi connectivity index (χ2v) is 9.45. The third kappa shape index (κ3) is 3.20. The van der Waals surface area contributed by atoms with Crippen LogP contribution >= 0.6 is 11.6 Å². The Labute approximate surface area is 189 Å². The molecule has 0 unspecified atom stereocenters. The van der Waals surface area contributed by atoms with Crippen LogP contribution in [0.25, 0.3) is 27.5 Å². The minimum absolute atomic E-state index is 0.139. The van der Waals surface area contributed by atoms with Crippen molar-refractivity contribution in [3.05, 3.63) is 114 Å². The van der Waals surface area contributed by atoms with Crippen molar-refractivity contribution in [2.24, 2.45) is 0 Å². The lowest BCUT2D eigenvalue weighted by molar-refractivity contribution is 0.590. The van der Waals surface area contributed by atoms with Gasteiger partial charge < -0.3 is 0 Å². The van der Waals surface area contributed by atoms with Crippen molar-refractivity contribution in [3.63, 3.8) is 0 Å². The SMILES string of the molecule is C=C(c1ccc2c(c1)c1ccc(Cl)nc1n2S(=O)(=O)c1ccccc1)c1ccccc1F. The molecule has 32 heavy (non-hydrogen) atoms. The van der Waals surface area contributed by atoms with Crippen molar-refractivity contribution >= 4 is 49.1 Å². The first-order valence-corrected chi connectivity index (χ1v) is 11.6. The highest BCUT2D eigenvalue weighted by Gasteiger charge is 2.24. The monoisotopic (exact) mass is 462 g/mol. The molecule has 0 bridgehead atoms. The van der Waals surface area contributed by atoms with Crippen LogP contribution in [0.3, 0.4) is 0 Å². The Kier molecular flexibility index (Phi) is 4.84. The quantitative estimate of drug-likeness (QED) is 0.295. The molecule has 0 aliphatic rings. The van der Waals surface area contributed by atoms with Gasteiger partial charge in [-0.2, -0.15) is 0 Å². The fourth-order valence-corrected chi connectivity index (χ4v) is 5.46. The van der Waals surface area contributed by atoms with Crippen LogP contribution in [-0.2, 0) is 10.0 Å². The van der Waals surface area contributed by atoms with E-state index >= 15 is 0 Å². The van der Waals surface area contributed by atoms with E-state index in [0.717, 1.165) is 0 Å². The summed E-state index contributed by atoms with van der Waals surface area (Å²) in [5.41, 5.74) is 2.23.